The van der Waals surface area contributed by atoms with E-state index in [2.05, 4.69) is 11.7 Å². The lowest BCUT2D eigenvalue weighted by Crippen LogP contribution is -2.23. The van der Waals surface area contributed by atoms with E-state index in [-0.39, 0.29) is 6.54 Å². The molecule has 1 heterocycles. The maximum Gasteiger partial charge on any atom is 0.506 e. The summed E-state index contributed by atoms with van der Waals surface area (Å²) in [6.45, 7) is 1.67. The molecule has 1 aromatic rings. The molecule has 0 spiro atoms. The summed E-state index contributed by atoms with van der Waals surface area (Å²) in [5, 5.41) is 4.12. The Balaban J connectivity index is 2.88. The molecular weight excluding hydrogens is 216 g/mol. The number of hydrogen-bond donors (Lipinski definition) is 0. The molecule has 0 amide bonds. The van der Waals surface area contributed by atoms with Gasteiger partial charge >= 0.3 is 6.98 Å². The van der Waals surface area contributed by atoms with Gasteiger partial charge in [0.15, 0.2) is 0 Å². The normalized spacial score (nSPS) is 11.8. The number of hydrogen-bond acceptors (Lipinski definition) is 1. The minimum Gasteiger partial charge on any atom is -0.445 e. The zero-order valence-corrected chi connectivity index (χ0v) is 9.51. The van der Waals surface area contributed by atoms with Crippen molar-refractivity contribution in [3.8, 4) is 0 Å². The van der Waals surface area contributed by atoms with Crippen LogP contribution in [0, 0.1) is 0 Å². The maximum atomic E-state index is 12.4. The van der Waals surface area contributed by atoms with Gasteiger partial charge in [-0.15, -0.1) is 12.1 Å². The van der Waals surface area contributed by atoms with Crippen molar-refractivity contribution in [1.29, 1.82) is 0 Å². The summed E-state index contributed by atoms with van der Waals surface area (Å²) in [5.74, 6) is 0. The molecule has 1 aromatic heterocycles. The molecule has 0 bridgehead atoms. The van der Waals surface area contributed by atoms with Gasteiger partial charge in [0.2, 0.25) is 0 Å². The van der Waals surface area contributed by atoms with Crippen LogP contribution in [0.4, 0.5) is 12.9 Å². The lowest BCUT2D eigenvalue weighted by atomic mass is 9.80. The first-order chi connectivity index (χ1) is 7.38. The van der Waals surface area contributed by atoms with E-state index in [9.17, 15) is 12.9 Å². The van der Waals surface area contributed by atoms with Gasteiger partial charge in [-0.25, -0.2) is 0 Å². The fraction of sp³-hybridized carbons (Fsp3) is 0.500. The minimum atomic E-state index is -4.97. The summed E-state index contributed by atoms with van der Waals surface area (Å²) in [4.78, 5) is 0. The molecule has 0 fully saturated rings. The van der Waals surface area contributed by atoms with Crippen molar-refractivity contribution in [1.82, 2.24) is 9.78 Å². The van der Waals surface area contributed by atoms with Gasteiger partial charge in [-0.3, -0.25) is 4.68 Å². The number of nitrogens with zero attached hydrogens (tertiary/aromatic N) is 2. The van der Waals surface area contributed by atoms with Crippen molar-refractivity contribution >= 4 is 6.98 Å². The Hall–Kier alpha value is -1.20. The number of halogens is 3. The predicted octanol–water partition coefficient (Wildman–Crippen LogP) is 2.95. The summed E-state index contributed by atoms with van der Waals surface area (Å²) < 4.78 is 38.5. The number of aryl methyl sites for hydroxylation is 2. The highest BCUT2D eigenvalue weighted by Gasteiger charge is 2.27. The molecule has 0 saturated carbocycles. The van der Waals surface area contributed by atoms with Crippen molar-refractivity contribution in [2.45, 2.75) is 33.2 Å². The van der Waals surface area contributed by atoms with Crippen LogP contribution in [0.5, 0.6) is 0 Å². The van der Waals surface area contributed by atoms with Crippen LogP contribution in [0.1, 0.15) is 25.2 Å². The lowest BCUT2D eigenvalue weighted by Gasteiger charge is -2.18. The van der Waals surface area contributed by atoms with Gasteiger partial charge in [0.05, 0.1) is 5.69 Å². The third-order valence-corrected chi connectivity index (χ3v) is 2.45. The molecule has 0 aliphatic carbocycles. The van der Waals surface area contributed by atoms with E-state index >= 15 is 0 Å². The van der Waals surface area contributed by atoms with Crippen LogP contribution in [-0.4, -0.2) is 16.8 Å². The van der Waals surface area contributed by atoms with E-state index in [1.54, 1.807) is 0 Å². The molecule has 2 nitrogen and oxygen atoms in total. The van der Waals surface area contributed by atoms with Gasteiger partial charge < -0.3 is 12.9 Å². The van der Waals surface area contributed by atoms with Gasteiger partial charge in [-0.1, -0.05) is 13.8 Å². The van der Waals surface area contributed by atoms with Crippen LogP contribution < -0.4 is 0 Å². The highest BCUT2D eigenvalue weighted by Crippen LogP contribution is 2.20. The fourth-order valence-electron chi connectivity index (χ4n) is 1.41. The Morgan fingerprint density at radius 2 is 2.00 bits per heavy atom. The molecule has 1 rings (SSSR count). The lowest BCUT2D eigenvalue weighted by molar-refractivity contribution is 0.477. The zero-order valence-electron chi connectivity index (χ0n) is 9.51. The monoisotopic (exact) mass is 231 g/mol. The predicted molar refractivity (Wildman–Crippen MR) is 59.2 cm³/mol. The Morgan fingerprint density at radius 3 is 2.44 bits per heavy atom. The molecule has 0 saturated heterocycles. The smallest absolute Gasteiger partial charge is 0.445 e. The zero-order chi connectivity index (χ0) is 12.3. The Morgan fingerprint density at radius 1 is 1.38 bits per heavy atom. The third-order valence-electron chi connectivity index (χ3n) is 2.45. The highest BCUT2D eigenvalue weighted by atomic mass is 19.4. The topological polar surface area (TPSA) is 17.8 Å². The second-order valence-corrected chi connectivity index (χ2v) is 3.72. The van der Waals surface area contributed by atoms with Gasteiger partial charge in [0.25, 0.3) is 0 Å². The van der Waals surface area contributed by atoms with E-state index in [0.29, 0.717) is 6.42 Å². The molecule has 0 N–H and O–H groups in total. The summed E-state index contributed by atoms with van der Waals surface area (Å²) in [7, 11) is 0. The van der Waals surface area contributed by atoms with Crippen molar-refractivity contribution in [3.05, 3.63) is 29.5 Å². The van der Waals surface area contributed by atoms with E-state index in [1.807, 2.05) is 19.9 Å². The maximum absolute atomic E-state index is 12.4. The molecule has 0 aromatic carbocycles. The summed E-state index contributed by atoms with van der Waals surface area (Å²) in [6, 6.07) is 1.84. The number of rotatable bonds is 5. The molecule has 0 unspecified atom stereocenters. The fourth-order valence-corrected chi connectivity index (χ4v) is 1.41. The van der Waals surface area contributed by atoms with Gasteiger partial charge in [0, 0.05) is 12.2 Å². The summed E-state index contributed by atoms with van der Waals surface area (Å²) >= 11 is 0. The van der Waals surface area contributed by atoms with Crippen molar-refractivity contribution in [3.63, 3.8) is 0 Å². The van der Waals surface area contributed by atoms with Crippen LogP contribution >= 0.6 is 0 Å². The molecule has 90 valence electrons. The van der Waals surface area contributed by atoms with E-state index < -0.39 is 12.4 Å². The third kappa shape index (κ3) is 2.90. The quantitative estimate of drug-likeness (QED) is 0.712. The standard InChI is InChI=1S/C10H15BF3N2/c1-4-9-6-10(5-2)16(15-9)7-8(3)11(12,13)14/h6H,3-5,7H2,1-2H3/q-1. The molecule has 6 heteroatoms. The number of aromatic nitrogens is 2. The Bertz CT molecular complexity index is 382. The minimum absolute atomic E-state index is 0.257. The molecule has 0 aliphatic heterocycles. The van der Waals surface area contributed by atoms with Crippen LogP contribution in [-0.2, 0) is 19.4 Å². The average molecular weight is 231 g/mol. The molecule has 0 aliphatic rings. The average Bonchev–Trinajstić information content (AvgIpc) is 2.59. The Labute approximate surface area is 93.2 Å². The highest BCUT2D eigenvalue weighted by molar-refractivity contribution is 6.66. The summed E-state index contributed by atoms with van der Waals surface area (Å²) in [5.41, 5.74) is 0.929. The molecule has 0 atom stereocenters. The van der Waals surface area contributed by atoms with Crippen LogP contribution in [0.3, 0.4) is 0 Å². The number of allylic oxidation sites excluding steroid dienone is 1. The SMILES string of the molecule is C=C(Cn1nc(CC)cc1CC)[B-](F)(F)F. The largest absolute Gasteiger partial charge is 0.506 e. The van der Waals surface area contributed by atoms with Gasteiger partial charge in [-0.2, -0.15) is 5.10 Å². The second-order valence-electron chi connectivity index (χ2n) is 3.72. The molecule has 16 heavy (non-hydrogen) atoms. The summed E-state index contributed by atoms with van der Waals surface area (Å²) in [6.07, 6.45) is 1.40. The molecule has 0 radical (unpaired) electrons. The van der Waals surface area contributed by atoms with E-state index in [0.717, 1.165) is 17.8 Å². The van der Waals surface area contributed by atoms with E-state index in [1.165, 1.54) is 4.68 Å². The van der Waals surface area contributed by atoms with Crippen molar-refractivity contribution in [2.75, 3.05) is 0 Å². The van der Waals surface area contributed by atoms with Gasteiger partial charge in [-0.05, 0) is 18.9 Å². The van der Waals surface area contributed by atoms with Gasteiger partial charge in [0.1, 0.15) is 0 Å². The second kappa shape index (κ2) is 4.76. The van der Waals surface area contributed by atoms with E-state index in [4.69, 9.17) is 0 Å². The molecular formula is C10H15BF3N2-. The first kappa shape index (κ1) is 12.9. The van der Waals surface area contributed by atoms with Crippen molar-refractivity contribution < 1.29 is 12.9 Å². The van der Waals surface area contributed by atoms with Crippen LogP contribution in [0.25, 0.3) is 0 Å². The van der Waals surface area contributed by atoms with Crippen molar-refractivity contribution in [2.24, 2.45) is 0 Å². The first-order valence-corrected chi connectivity index (χ1v) is 5.31. The first-order valence-electron chi connectivity index (χ1n) is 5.31. The Kier molecular flexibility index (Phi) is 3.83. The van der Waals surface area contributed by atoms with Crippen LogP contribution in [0.2, 0.25) is 0 Å². The van der Waals surface area contributed by atoms with Crippen LogP contribution in [0.15, 0.2) is 18.1 Å².